The maximum absolute atomic E-state index is 10.1. The molecule has 0 radical (unpaired) electrons. The van der Waals surface area contributed by atoms with Crippen LogP contribution < -0.4 is 0 Å². The monoisotopic (exact) mass is 124 g/mol. The van der Waals surface area contributed by atoms with Gasteiger partial charge in [0.05, 0.1) is 0 Å². The standard InChI is InChI=1S/C8H12O/c1-7-3-2-4-8(5-7)6-9/h7H,2-5H2,1H3. The largest absolute Gasteiger partial charge is 0.234 e. The Kier molecular flexibility index (Phi) is 2.07. The van der Waals surface area contributed by atoms with Gasteiger partial charge >= 0.3 is 0 Å². The van der Waals surface area contributed by atoms with Crippen LogP contribution in [0.1, 0.15) is 32.6 Å². The van der Waals surface area contributed by atoms with E-state index in [9.17, 15) is 4.79 Å². The lowest BCUT2D eigenvalue weighted by Crippen LogP contribution is -2.04. The van der Waals surface area contributed by atoms with Gasteiger partial charge in [0.2, 0.25) is 0 Å². The molecule has 0 aromatic carbocycles. The van der Waals surface area contributed by atoms with Crippen molar-refractivity contribution in [2.75, 3.05) is 0 Å². The Labute approximate surface area is 55.8 Å². The molecule has 0 heterocycles. The highest BCUT2D eigenvalue weighted by Gasteiger charge is 2.12. The Morgan fingerprint density at radius 3 is 2.89 bits per heavy atom. The van der Waals surface area contributed by atoms with Gasteiger partial charge in [-0.15, -0.1) is 0 Å². The first-order chi connectivity index (χ1) is 4.33. The number of allylic oxidation sites excluding steroid dienone is 1. The van der Waals surface area contributed by atoms with E-state index in [1.54, 1.807) is 0 Å². The molecule has 1 fully saturated rings. The summed E-state index contributed by atoms with van der Waals surface area (Å²) in [7, 11) is 0. The van der Waals surface area contributed by atoms with Crippen LogP contribution in [0.5, 0.6) is 0 Å². The highest BCUT2D eigenvalue weighted by molar-refractivity contribution is 5.52. The van der Waals surface area contributed by atoms with E-state index in [-0.39, 0.29) is 0 Å². The number of rotatable bonds is 0. The average Bonchev–Trinajstić information content (AvgIpc) is 1.88. The van der Waals surface area contributed by atoms with Gasteiger partial charge in [0, 0.05) is 5.57 Å². The minimum atomic E-state index is 0.718. The summed E-state index contributed by atoms with van der Waals surface area (Å²) >= 11 is 0. The molecule has 1 aliphatic carbocycles. The zero-order chi connectivity index (χ0) is 6.69. The molecule has 0 saturated heterocycles. The highest BCUT2D eigenvalue weighted by atomic mass is 16.1. The van der Waals surface area contributed by atoms with Crippen molar-refractivity contribution in [1.29, 1.82) is 0 Å². The number of carbonyl (C=O) groups excluding carboxylic acids is 1. The average molecular weight is 124 g/mol. The molecule has 0 amide bonds. The van der Waals surface area contributed by atoms with Gasteiger partial charge in [0.25, 0.3) is 0 Å². The van der Waals surface area contributed by atoms with Gasteiger partial charge in [-0.25, -0.2) is 4.79 Å². The molecule has 0 spiro atoms. The first-order valence-electron chi connectivity index (χ1n) is 3.56. The minimum Gasteiger partial charge on any atom is -0.234 e. The van der Waals surface area contributed by atoms with Gasteiger partial charge in [-0.1, -0.05) is 13.3 Å². The summed E-state index contributed by atoms with van der Waals surface area (Å²) in [4.78, 5) is 10.1. The van der Waals surface area contributed by atoms with Crippen LogP contribution in [0.25, 0.3) is 0 Å². The molecule has 1 atom stereocenters. The quantitative estimate of drug-likeness (QED) is 0.451. The molecule has 0 N–H and O–H groups in total. The Hall–Kier alpha value is -0.550. The molecule has 50 valence electrons. The summed E-state index contributed by atoms with van der Waals surface area (Å²) in [6.07, 6.45) is 4.45. The van der Waals surface area contributed by atoms with Gasteiger partial charge in [-0.05, 0) is 25.2 Å². The maximum atomic E-state index is 10.1. The second kappa shape index (κ2) is 2.84. The summed E-state index contributed by atoms with van der Waals surface area (Å²) in [5, 5.41) is 0. The Morgan fingerprint density at radius 1 is 1.67 bits per heavy atom. The molecule has 9 heavy (non-hydrogen) atoms. The fourth-order valence-electron chi connectivity index (χ4n) is 1.38. The lowest BCUT2D eigenvalue weighted by molar-refractivity contribution is 0.451. The van der Waals surface area contributed by atoms with Crippen LogP contribution in [0.4, 0.5) is 0 Å². The summed E-state index contributed by atoms with van der Waals surface area (Å²) in [6, 6.07) is 0. The van der Waals surface area contributed by atoms with E-state index in [1.807, 2.05) is 5.94 Å². The number of hydrogen-bond donors (Lipinski definition) is 0. The second-order valence-electron chi connectivity index (χ2n) is 2.91. The molecule has 0 bridgehead atoms. The molecule has 1 rings (SSSR count). The first kappa shape index (κ1) is 6.57. The van der Waals surface area contributed by atoms with Crippen LogP contribution >= 0.6 is 0 Å². The van der Waals surface area contributed by atoms with E-state index >= 15 is 0 Å². The summed E-state index contributed by atoms with van der Waals surface area (Å²) in [5.74, 6) is 2.72. The zero-order valence-corrected chi connectivity index (χ0v) is 5.81. The van der Waals surface area contributed by atoms with Crippen LogP contribution in [-0.2, 0) is 4.79 Å². The van der Waals surface area contributed by atoms with Crippen LogP contribution in [-0.4, -0.2) is 5.94 Å². The fraction of sp³-hybridized carbons (Fsp3) is 0.750. The van der Waals surface area contributed by atoms with Crippen molar-refractivity contribution in [1.82, 2.24) is 0 Å². The van der Waals surface area contributed by atoms with Crippen molar-refractivity contribution in [3.8, 4) is 0 Å². The SMILES string of the molecule is CC1CCCC(=C=O)C1. The van der Waals surface area contributed by atoms with Gasteiger partial charge in [-0.3, -0.25) is 0 Å². The fourth-order valence-corrected chi connectivity index (χ4v) is 1.38. The van der Waals surface area contributed by atoms with E-state index in [2.05, 4.69) is 6.92 Å². The summed E-state index contributed by atoms with van der Waals surface area (Å²) in [6.45, 7) is 2.19. The Morgan fingerprint density at radius 2 is 2.44 bits per heavy atom. The van der Waals surface area contributed by atoms with Crippen molar-refractivity contribution >= 4 is 5.94 Å². The normalized spacial score (nSPS) is 27.7. The predicted octanol–water partition coefficient (Wildman–Crippen LogP) is 1.95. The molecule has 1 aliphatic rings. The van der Waals surface area contributed by atoms with Crippen molar-refractivity contribution in [3.63, 3.8) is 0 Å². The lowest BCUT2D eigenvalue weighted by Gasteiger charge is -2.16. The third kappa shape index (κ3) is 1.69. The zero-order valence-electron chi connectivity index (χ0n) is 5.81. The molecule has 0 aliphatic heterocycles. The van der Waals surface area contributed by atoms with Gasteiger partial charge in [0.1, 0.15) is 5.94 Å². The van der Waals surface area contributed by atoms with Crippen molar-refractivity contribution in [2.45, 2.75) is 32.6 Å². The van der Waals surface area contributed by atoms with Crippen LogP contribution in [0.15, 0.2) is 5.57 Å². The third-order valence-corrected chi connectivity index (χ3v) is 1.91. The molecular formula is C8H12O. The van der Waals surface area contributed by atoms with Crippen LogP contribution in [0.3, 0.4) is 0 Å². The summed E-state index contributed by atoms with van der Waals surface area (Å²) in [5.41, 5.74) is 0.994. The van der Waals surface area contributed by atoms with Crippen LogP contribution in [0.2, 0.25) is 0 Å². The molecule has 0 aromatic rings. The number of hydrogen-bond acceptors (Lipinski definition) is 1. The van der Waals surface area contributed by atoms with Crippen LogP contribution in [0, 0.1) is 5.92 Å². The molecule has 1 unspecified atom stereocenters. The second-order valence-corrected chi connectivity index (χ2v) is 2.91. The van der Waals surface area contributed by atoms with Crippen molar-refractivity contribution < 1.29 is 4.79 Å². The summed E-state index contributed by atoms with van der Waals surface area (Å²) < 4.78 is 0. The van der Waals surface area contributed by atoms with E-state index in [0.717, 1.165) is 24.3 Å². The van der Waals surface area contributed by atoms with Crippen molar-refractivity contribution in [2.24, 2.45) is 5.92 Å². The van der Waals surface area contributed by atoms with Gasteiger partial charge in [-0.2, -0.15) is 0 Å². The third-order valence-electron chi connectivity index (χ3n) is 1.91. The molecule has 1 saturated carbocycles. The van der Waals surface area contributed by atoms with E-state index in [4.69, 9.17) is 0 Å². The topological polar surface area (TPSA) is 17.1 Å². The first-order valence-corrected chi connectivity index (χ1v) is 3.56. The predicted molar refractivity (Wildman–Crippen MR) is 36.8 cm³/mol. The molecule has 0 aromatic heterocycles. The highest BCUT2D eigenvalue weighted by Crippen LogP contribution is 2.25. The van der Waals surface area contributed by atoms with Gasteiger partial charge in [0.15, 0.2) is 0 Å². The van der Waals surface area contributed by atoms with E-state index in [1.165, 1.54) is 12.8 Å². The molecular weight excluding hydrogens is 112 g/mol. The van der Waals surface area contributed by atoms with Crippen molar-refractivity contribution in [3.05, 3.63) is 5.57 Å². The Balaban J connectivity index is 2.51. The lowest BCUT2D eigenvalue weighted by atomic mass is 9.88. The van der Waals surface area contributed by atoms with E-state index in [0.29, 0.717) is 0 Å². The minimum absolute atomic E-state index is 0.718. The maximum Gasteiger partial charge on any atom is 0.123 e. The van der Waals surface area contributed by atoms with E-state index < -0.39 is 0 Å². The Bertz CT molecular complexity index is 143. The van der Waals surface area contributed by atoms with Gasteiger partial charge < -0.3 is 0 Å². The smallest absolute Gasteiger partial charge is 0.123 e. The molecule has 1 heteroatoms. The molecule has 1 nitrogen and oxygen atoms in total.